The van der Waals surface area contributed by atoms with Gasteiger partial charge in [0.05, 0.1) is 5.56 Å². The molecule has 2 aromatic rings. The van der Waals surface area contributed by atoms with Gasteiger partial charge in [-0.15, -0.1) is 0 Å². The SMILES string of the molecule is CC(=O)OC[C@@H]1O[C@H](Oc2ccc(C(=O)Cc3ccc(O)cc3)c(O)c2)[C@@H](OC(C)=O)[C@@H](OC(C)=O)[C@@H]1OC(C)=O. The largest absolute Gasteiger partial charge is 0.508 e. The van der Waals surface area contributed by atoms with Gasteiger partial charge in [0.1, 0.15) is 30.0 Å². The minimum Gasteiger partial charge on any atom is -0.508 e. The number of carbonyl (C=O) groups excluding carboxylic acids is 5. The van der Waals surface area contributed by atoms with Gasteiger partial charge in [0.2, 0.25) is 12.4 Å². The first-order valence-electron chi connectivity index (χ1n) is 12.4. The fourth-order valence-electron chi connectivity index (χ4n) is 4.13. The Morgan fingerprint density at radius 2 is 1.34 bits per heavy atom. The lowest BCUT2D eigenvalue weighted by atomic mass is 9.98. The molecule has 1 heterocycles. The fourth-order valence-corrected chi connectivity index (χ4v) is 4.13. The van der Waals surface area contributed by atoms with Crippen LogP contribution in [0, 0.1) is 0 Å². The Balaban J connectivity index is 1.90. The van der Waals surface area contributed by atoms with Crippen LogP contribution in [0.3, 0.4) is 0 Å². The summed E-state index contributed by atoms with van der Waals surface area (Å²) in [6, 6.07) is 9.84. The summed E-state index contributed by atoms with van der Waals surface area (Å²) in [5.41, 5.74) is 0.608. The molecule has 0 amide bonds. The molecule has 13 heteroatoms. The summed E-state index contributed by atoms with van der Waals surface area (Å²) >= 11 is 0. The summed E-state index contributed by atoms with van der Waals surface area (Å²) in [7, 11) is 0. The van der Waals surface area contributed by atoms with Gasteiger partial charge in [-0.3, -0.25) is 24.0 Å². The molecule has 1 fully saturated rings. The average molecular weight is 575 g/mol. The number of ether oxygens (including phenoxy) is 6. The van der Waals surface area contributed by atoms with Crippen LogP contribution in [-0.2, 0) is 49.3 Å². The van der Waals surface area contributed by atoms with Crippen molar-refractivity contribution in [2.75, 3.05) is 6.61 Å². The van der Waals surface area contributed by atoms with Crippen LogP contribution in [-0.4, -0.2) is 77.2 Å². The predicted octanol–water partition coefficient (Wildman–Crippen LogP) is 1.99. The minimum atomic E-state index is -1.51. The zero-order chi connectivity index (χ0) is 30.3. The van der Waals surface area contributed by atoms with Gasteiger partial charge in [0.25, 0.3) is 0 Å². The van der Waals surface area contributed by atoms with E-state index < -0.39 is 72.7 Å². The summed E-state index contributed by atoms with van der Waals surface area (Å²) < 4.78 is 32.8. The van der Waals surface area contributed by atoms with Crippen molar-refractivity contribution in [3.05, 3.63) is 53.6 Å². The van der Waals surface area contributed by atoms with Gasteiger partial charge in [0.15, 0.2) is 18.0 Å². The van der Waals surface area contributed by atoms with E-state index in [1.807, 2.05) is 0 Å². The Morgan fingerprint density at radius 1 is 0.756 bits per heavy atom. The minimum absolute atomic E-state index is 0.00744. The van der Waals surface area contributed by atoms with E-state index in [9.17, 15) is 34.2 Å². The van der Waals surface area contributed by atoms with Gasteiger partial charge in [-0.25, -0.2) is 0 Å². The molecule has 1 aliphatic rings. The molecule has 0 saturated carbocycles. The van der Waals surface area contributed by atoms with Crippen molar-refractivity contribution in [3.8, 4) is 17.2 Å². The molecular formula is C28H30O13. The molecule has 3 rings (SSSR count). The van der Waals surface area contributed by atoms with Crippen LogP contribution in [0.4, 0.5) is 0 Å². The Hall–Kier alpha value is -4.65. The molecule has 13 nitrogen and oxygen atoms in total. The maximum absolute atomic E-state index is 12.8. The standard InChI is InChI=1S/C28H30O13/c1-14(29)36-13-24-25(37-15(2)30)26(38-16(3)31)27(39-17(4)32)28(41-24)40-20-9-10-21(23(35)12-20)22(34)11-18-5-7-19(33)8-6-18/h5-10,12,24-28,33,35H,11,13H2,1-4H3/t24-,25+,26-,27-,28-/m0/s1. The number of carbonyl (C=O) groups is 5. The summed E-state index contributed by atoms with van der Waals surface area (Å²) in [4.78, 5) is 60.0. The second kappa shape index (κ2) is 13.6. The quantitative estimate of drug-likeness (QED) is 0.239. The number of phenols is 2. The predicted molar refractivity (Wildman–Crippen MR) is 137 cm³/mol. The van der Waals surface area contributed by atoms with Gasteiger partial charge in [-0.1, -0.05) is 12.1 Å². The molecule has 0 aromatic heterocycles. The van der Waals surface area contributed by atoms with Crippen molar-refractivity contribution in [1.29, 1.82) is 0 Å². The Morgan fingerprint density at radius 3 is 1.90 bits per heavy atom. The van der Waals surface area contributed by atoms with Gasteiger partial charge in [-0.05, 0) is 29.8 Å². The molecule has 1 saturated heterocycles. The summed E-state index contributed by atoms with van der Waals surface area (Å²) in [6.45, 7) is 4.00. The Kier molecular flexibility index (Phi) is 10.3. The first-order valence-corrected chi connectivity index (χ1v) is 12.4. The third-order valence-electron chi connectivity index (χ3n) is 5.77. The number of hydrogen-bond acceptors (Lipinski definition) is 13. The van der Waals surface area contributed by atoms with Crippen LogP contribution in [0.15, 0.2) is 42.5 Å². The molecule has 2 N–H and O–H groups in total. The number of phenolic OH excluding ortho intramolecular Hbond substituents is 2. The van der Waals surface area contributed by atoms with Crippen LogP contribution >= 0.6 is 0 Å². The molecular weight excluding hydrogens is 544 g/mol. The van der Waals surface area contributed by atoms with E-state index in [1.54, 1.807) is 12.1 Å². The van der Waals surface area contributed by atoms with Crippen LogP contribution < -0.4 is 4.74 Å². The first kappa shape index (κ1) is 30.9. The third kappa shape index (κ3) is 8.67. The van der Waals surface area contributed by atoms with Gasteiger partial charge in [-0.2, -0.15) is 0 Å². The highest BCUT2D eigenvalue weighted by atomic mass is 16.7. The lowest BCUT2D eigenvalue weighted by Crippen LogP contribution is -2.63. The van der Waals surface area contributed by atoms with Crippen LogP contribution in [0.1, 0.15) is 43.6 Å². The van der Waals surface area contributed by atoms with E-state index in [1.165, 1.54) is 24.3 Å². The smallest absolute Gasteiger partial charge is 0.303 e. The zero-order valence-corrected chi connectivity index (χ0v) is 22.7. The number of benzene rings is 2. The van der Waals surface area contributed by atoms with Crippen molar-refractivity contribution in [2.45, 2.75) is 64.8 Å². The highest BCUT2D eigenvalue weighted by Crippen LogP contribution is 2.33. The van der Waals surface area contributed by atoms with Gasteiger partial charge < -0.3 is 38.6 Å². The molecule has 0 spiro atoms. The monoisotopic (exact) mass is 574 g/mol. The van der Waals surface area contributed by atoms with Gasteiger partial charge in [0, 0.05) is 40.2 Å². The van der Waals surface area contributed by atoms with Crippen molar-refractivity contribution in [3.63, 3.8) is 0 Å². The van der Waals surface area contributed by atoms with E-state index in [0.29, 0.717) is 5.56 Å². The van der Waals surface area contributed by atoms with Crippen molar-refractivity contribution < 1.29 is 62.6 Å². The first-order chi connectivity index (χ1) is 19.3. The van der Waals surface area contributed by atoms with E-state index in [4.69, 9.17) is 28.4 Å². The second-order valence-electron chi connectivity index (χ2n) is 9.13. The van der Waals surface area contributed by atoms with E-state index in [-0.39, 0.29) is 23.5 Å². The Labute approximate surface area is 234 Å². The number of esters is 4. The molecule has 0 unspecified atom stereocenters. The number of ketones is 1. The zero-order valence-electron chi connectivity index (χ0n) is 22.7. The van der Waals surface area contributed by atoms with E-state index in [2.05, 4.69) is 0 Å². The topological polar surface area (TPSA) is 181 Å². The highest BCUT2D eigenvalue weighted by molar-refractivity contribution is 6.00. The normalized spacial score (nSPS) is 21.7. The fraction of sp³-hybridized carbons (Fsp3) is 0.393. The Bertz CT molecular complexity index is 1290. The molecule has 2 aromatic carbocycles. The average Bonchev–Trinajstić information content (AvgIpc) is 2.87. The number of aromatic hydroxyl groups is 2. The van der Waals surface area contributed by atoms with E-state index >= 15 is 0 Å². The maximum atomic E-state index is 12.8. The maximum Gasteiger partial charge on any atom is 0.303 e. The molecule has 0 aliphatic carbocycles. The molecule has 0 bridgehead atoms. The van der Waals surface area contributed by atoms with Crippen molar-refractivity contribution >= 4 is 29.7 Å². The van der Waals surface area contributed by atoms with Crippen LogP contribution in [0.25, 0.3) is 0 Å². The molecule has 1 aliphatic heterocycles. The molecule has 0 radical (unpaired) electrons. The second-order valence-corrected chi connectivity index (χ2v) is 9.13. The number of rotatable bonds is 10. The lowest BCUT2D eigenvalue weighted by Gasteiger charge is -2.43. The van der Waals surface area contributed by atoms with Gasteiger partial charge >= 0.3 is 23.9 Å². The van der Waals surface area contributed by atoms with Crippen LogP contribution in [0.5, 0.6) is 17.2 Å². The van der Waals surface area contributed by atoms with Crippen LogP contribution in [0.2, 0.25) is 0 Å². The summed E-state index contributed by atoms with van der Waals surface area (Å²) in [6.07, 6.45) is -7.02. The molecule has 41 heavy (non-hydrogen) atoms. The summed E-state index contributed by atoms with van der Waals surface area (Å²) in [5, 5.41) is 20.0. The third-order valence-corrected chi connectivity index (χ3v) is 5.77. The lowest BCUT2D eigenvalue weighted by molar-refractivity contribution is -0.288. The molecule has 220 valence electrons. The van der Waals surface area contributed by atoms with E-state index in [0.717, 1.165) is 33.8 Å². The summed E-state index contributed by atoms with van der Waals surface area (Å²) in [5.74, 6) is -3.85. The number of hydrogen-bond donors (Lipinski definition) is 2. The van der Waals surface area contributed by atoms with Crippen molar-refractivity contribution in [2.24, 2.45) is 0 Å². The van der Waals surface area contributed by atoms with Crippen molar-refractivity contribution in [1.82, 2.24) is 0 Å². The number of Topliss-reactive ketones (excluding diaryl/α,β-unsaturated/α-hetero) is 1. The highest BCUT2D eigenvalue weighted by Gasteiger charge is 2.53. The molecule has 5 atom stereocenters.